The molecule has 142 valence electrons. The van der Waals surface area contributed by atoms with Crippen molar-refractivity contribution in [2.45, 2.75) is 20.3 Å². The third-order valence-corrected chi connectivity index (χ3v) is 4.88. The Morgan fingerprint density at radius 1 is 1.07 bits per heavy atom. The van der Waals surface area contributed by atoms with E-state index in [4.69, 9.17) is 0 Å². The maximum atomic E-state index is 12.6. The van der Waals surface area contributed by atoms with Gasteiger partial charge in [0.2, 0.25) is 0 Å². The summed E-state index contributed by atoms with van der Waals surface area (Å²) in [7, 11) is 2.00. The van der Waals surface area contributed by atoms with Gasteiger partial charge in [0.05, 0.1) is 22.4 Å². The van der Waals surface area contributed by atoms with E-state index in [9.17, 15) is 4.79 Å². The van der Waals surface area contributed by atoms with Crippen LogP contribution in [0.15, 0.2) is 54.6 Å². The van der Waals surface area contributed by atoms with Gasteiger partial charge in [-0.1, -0.05) is 18.2 Å². The van der Waals surface area contributed by atoms with E-state index in [1.165, 1.54) is 0 Å². The Kier molecular flexibility index (Phi) is 4.69. The number of carbonyl (C=O) groups excluding carboxylic acids is 1. The van der Waals surface area contributed by atoms with E-state index < -0.39 is 0 Å². The quantitative estimate of drug-likeness (QED) is 0.583. The second-order valence-corrected chi connectivity index (χ2v) is 6.97. The largest absolute Gasteiger partial charge is 0.352 e. The average molecular weight is 373 g/mol. The second kappa shape index (κ2) is 7.31. The number of para-hydroxylation sites is 2. The summed E-state index contributed by atoms with van der Waals surface area (Å²) in [5.74, 6) is 0.861. The zero-order valence-corrected chi connectivity index (χ0v) is 16.3. The smallest absolute Gasteiger partial charge is 0.251 e. The summed E-state index contributed by atoms with van der Waals surface area (Å²) >= 11 is 0. The number of imidazole rings is 1. The number of aromatic nitrogens is 4. The van der Waals surface area contributed by atoms with Gasteiger partial charge in [-0.25, -0.2) is 9.67 Å². The van der Waals surface area contributed by atoms with Gasteiger partial charge in [0.1, 0.15) is 5.82 Å². The molecule has 4 rings (SSSR count). The number of fused-ring (bicyclic) bond motifs is 1. The van der Waals surface area contributed by atoms with E-state index in [1.807, 2.05) is 74.1 Å². The molecule has 0 unspecified atom stereocenters. The molecular formula is C22H23N5O. The van der Waals surface area contributed by atoms with Crippen LogP contribution in [0.25, 0.3) is 16.7 Å². The van der Waals surface area contributed by atoms with Gasteiger partial charge in [0.15, 0.2) is 0 Å². The summed E-state index contributed by atoms with van der Waals surface area (Å²) in [5.41, 5.74) is 5.57. The van der Waals surface area contributed by atoms with Crippen molar-refractivity contribution >= 4 is 16.9 Å². The zero-order chi connectivity index (χ0) is 19.7. The van der Waals surface area contributed by atoms with Crippen LogP contribution in [0.3, 0.4) is 0 Å². The fraction of sp³-hybridized carbons (Fsp3) is 0.227. The Bertz CT molecular complexity index is 1150. The van der Waals surface area contributed by atoms with E-state index >= 15 is 0 Å². The molecule has 0 saturated carbocycles. The number of benzene rings is 2. The molecule has 4 aromatic rings. The highest BCUT2D eigenvalue weighted by atomic mass is 16.1. The lowest BCUT2D eigenvalue weighted by molar-refractivity contribution is 0.0954. The fourth-order valence-electron chi connectivity index (χ4n) is 3.48. The zero-order valence-electron chi connectivity index (χ0n) is 16.3. The number of nitrogens with one attached hydrogen (secondary N) is 1. The van der Waals surface area contributed by atoms with Crippen molar-refractivity contribution < 1.29 is 4.79 Å². The van der Waals surface area contributed by atoms with Crippen LogP contribution in [0.4, 0.5) is 0 Å². The summed E-state index contributed by atoms with van der Waals surface area (Å²) in [6.07, 6.45) is 0.675. The molecule has 6 nitrogen and oxygen atoms in total. The lowest BCUT2D eigenvalue weighted by Gasteiger charge is -2.08. The molecule has 2 aromatic heterocycles. The van der Waals surface area contributed by atoms with Crippen LogP contribution in [-0.2, 0) is 13.5 Å². The standard InChI is InChI=1S/C22H23N5O/c1-15-13-16(2)27(25-15)18-8-6-7-17(14-18)22(28)23-12-11-21-24-19-9-4-5-10-20(19)26(21)3/h4-10,13-14H,11-12H2,1-3H3,(H,23,28). The normalized spacial score (nSPS) is 11.1. The van der Waals surface area contributed by atoms with Crippen LogP contribution >= 0.6 is 0 Å². The highest BCUT2D eigenvalue weighted by molar-refractivity contribution is 5.94. The Hall–Kier alpha value is -3.41. The molecule has 0 atom stereocenters. The van der Waals surface area contributed by atoms with E-state index in [0.717, 1.165) is 33.9 Å². The molecule has 0 aliphatic carbocycles. The highest BCUT2D eigenvalue weighted by Crippen LogP contribution is 2.15. The second-order valence-electron chi connectivity index (χ2n) is 6.97. The first-order valence-electron chi connectivity index (χ1n) is 9.35. The van der Waals surface area contributed by atoms with Gasteiger partial charge in [-0.05, 0) is 50.2 Å². The Morgan fingerprint density at radius 2 is 1.89 bits per heavy atom. The number of rotatable bonds is 5. The van der Waals surface area contributed by atoms with Crippen molar-refractivity contribution in [2.24, 2.45) is 7.05 Å². The molecule has 0 radical (unpaired) electrons. The number of hydrogen-bond donors (Lipinski definition) is 1. The fourth-order valence-corrected chi connectivity index (χ4v) is 3.48. The minimum Gasteiger partial charge on any atom is -0.352 e. The van der Waals surface area contributed by atoms with E-state index in [2.05, 4.69) is 26.0 Å². The first-order chi connectivity index (χ1) is 13.5. The predicted molar refractivity (Wildman–Crippen MR) is 110 cm³/mol. The topological polar surface area (TPSA) is 64.7 Å². The molecule has 0 saturated heterocycles. The van der Waals surface area contributed by atoms with Crippen molar-refractivity contribution in [3.63, 3.8) is 0 Å². The molecule has 1 N–H and O–H groups in total. The van der Waals surface area contributed by atoms with Crippen LogP contribution < -0.4 is 5.32 Å². The molecular weight excluding hydrogens is 350 g/mol. The van der Waals surface area contributed by atoms with Crippen molar-refractivity contribution in [1.82, 2.24) is 24.6 Å². The lowest BCUT2D eigenvalue weighted by atomic mass is 10.2. The maximum absolute atomic E-state index is 12.6. The SMILES string of the molecule is Cc1cc(C)n(-c2cccc(C(=O)NCCc3nc4ccccc4n3C)c2)n1. The number of nitrogens with zero attached hydrogens (tertiary/aromatic N) is 4. The number of hydrogen-bond acceptors (Lipinski definition) is 3. The lowest BCUT2D eigenvalue weighted by Crippen LogP contribution is -2.26. The molecule has 0 spiro atoms. The van der Waals surface area contributed by atoms with Crippen LogP contribution in [0.2, 0.25) is 0 Å². The average Bonchev–Trinajstić information content (AvgIpc) is 3.21. The summed E-state index contributed by atoms with van der Waals surface area (Å²) < 4.78 is 3.93. The van der Waals surface area contributed by atoms with Crippen LogP contribution in [0.5, 0.6) is 0 Å². The van der Waals surface area contributed by atoms with Gasteiger partial charge in [-0.15, -0.1) is 0 Å². The van der Waals surface area contributed by atoms with E-state index in [-0.39, 0.29) is 5.91 Å². The molecule has 28 heavy (non-hydrogen) atoms. The van der Waals surface area contributed by atoms with Gasteiger partial charge in [-0.3, -0.25) is 4.79 Å². The number of aryl methyl sites for hydroxylation is 3. The third-order valence-electron chi connectivity index (χ3n) is 4.88. The first-order valence-corrected chi connectivity index (χ1v) is 9.35. The van der Waals surface area contributed by atoms with E-state index in [0.29, 0.717) is 18.5 Å². The maximum Gasteiger partial charge on any atom is 0.251 e. The van der Waals surface area contributed by atoms with Gasteiger partial charge < -0.3 is 9.88 Å². The molecule has 1 amide bonds. The predicted octanol–water partition coefficient (Wildman–Crippen LogP) is 3.35. The molecule has 2 aromatic carbocycles. The summed E-state index contributed by atoms with van der Waals surface area (Å²) in [6, 6.07) is 17.6. The number of carbonyl (C=O) groups is 1. The summed E-state index contributed by atoms with van der Waals surface area (Å²) in [5, 5.41) is 7.48. The van der Waals surface area contributed by atoms with Gasteiger partial charge in [0.25, 0.3) is 5.91 Å². The van der Waals surface area contributed by atoms with Crippen molar-refractivity contribution in [3.05, 3.63) is 77.4 Å². The van der Waals surface area contributed by atoms with E-state index in [1.54, 1.807) is 0 Å². The highest BCUT2D eigenvalue weighted by Gasteiger charge is 2.11. The molecule has 0 bridgehead atoms. The summed E-state index contributed by atoms with van der Waals surface area (Å²) in [6.45, 7) is 4.49. The van der Waals surface area contributed by atoms with Crippen LogP contribution in [-0.4, -0.2) is 31.8 Å². The molecule has 0 aliphatic heterocycles. The minimum atomic E-state index is -0.0952. The first kappa shape index (κ1) is 18.0. The van der Waals surface area contributed by atoms with Gasteiger partial charge >= 0.3 is 0 Å². The minimum absolute atomic E-state index is 0.0952. The monoisotopic (exact) mass is 373 g/mol. The van der Waals surface area contributed by atoms with Crippen molar-refractivity contribution in [1.29, 1.82) is 0 Å². The van der Waals surface area contributed by atoms with Crippen LogP contribution in [0.1, 0.15) is 27.6 Å². The molecule has 2 heterocycles. The van der Waals surface area contributed by atoms with Crippen molar-refractivity contribution in [2.75, 3.05) is 6.54 Å². The van der Waals surface area contributed by atoms with Crippen LogP contribution in [0, 0.1) is 13.8 Å². The Balaban J connectivity index is 1.44. The Morgan fingerprint density at radius 3 is 2.64 bits per heavy atom. The molecule has 0 aliphatic rings. The third kappa shape index (κ3) is 3.41. The molecule has 6 heteroatoms. The van der Waals surface area contributed by atoms with Gasteiger partial charge in [-0.2, -0.15) is 5.10 Å². The van der Waals surface area contributed by atoms with Gasteiger partial charge in [0, 0.05) is 31.3 Å². The van der Waals surface area contributed by atoms with Crippen molar-refractivity contribution in [3.8, 4) is 5.69 Å². The number of amides is 1. The Labute approximate surface area is 163 Å². The molecule has 0 fully saturated rings. The summed E-state index contributed by atoms with van der Waals surface area (Å²) in [4.78, 5) is 17.2.